The number of aromatic nitrogens is 4. The number of rotatable bonds is 7. The maximum atomic E-state index is 12.3. The number of anilines is 2. The van der Waals surface area contributed by atoms with E-state index in [2.05, 4.69) is 29.0 Å². The fraction of sp³-hybridized carbons (Fsp3) is 0.368. The first-order chi connectivity index (χ1) is 13.4. The van der Waals surface area contributed by atoms with E-state index in [1.807, 2.05) is 41.3 Å². The summed E-state index contributed by atoms with van der Waals surface area (Å²) >= 11 is 3.01. The van der Waals surface area contributed by atoms with Gasteiger partial charge in [-0.3, -0.25) is 9.69 Å². The van der Waals surface area contributed by atoms with Crippen molar-refractivity contribution in [2.75, 3.05) is 12.0 Å². The Labute approximate surface area is 172 Å². The van der Waals surface area contributed by atoms with Gasteiger partial charge in [0.25, 0.3) is 0 Å². The van der Waals surface area contributed by atoms with Gasteiger partial charge in [0.2, 0.25) is 5.91 Å². The molecule has 28 heavy (non-hydrogen) atoms. The zero-order valence-electron chi connectivity index (χ0n) is 16.5. The average molecular weight is 418 g/mol. The van der Waals surface area contributed by atoms with Crippen LogP contribution in [0.4, 0.5) is 10.8 Å². The van der Waals surface area contributed by atoms with Crippen molar-refractivity contribution in [3.05, 3.63) is 41.2 Å². The van der Waals surface area contributed by atoms with E-state index in [0.717, 1.165) is 16.7 Å². The molecule has 9 heteroatoms. The number of ether oxygens (including phenoxy) is 1. The zero-order chi connectivity index (χ0) is 20.3. The predicted octanol–water partition coefficient (Wildman–Crippen LogP) is 4.38. The summed E-state index contributed by atoms with van der Waals surface area (Å²) in [6.45, 7) is 5.72. The largest absolute Gasteiger partial charge is 0.495 e. The quantitative estimate of drug-likeness (QED) is 0.531. The van der Waals surface area contributed by atoms with Gasteiger partial charge >= 0.3 is 0 Å². The van der Waals surface area contributed by atoms with Crippen molar-refractivity contribution in [2.24, 2.45) is 7.05 Å². The Balaban J connectivity index is 1.79. The number of methoxy groups -OCH3 is 1. The topological polar surface area (TPSA) is 73.1 Å². The lowest BCUT2D eigenvalue weighted by Crippen LogP contribution is -2.23. The Morgan fingerprint density at radius 3 is 2.71 bits per heavy atom. The van der Waals surface area contributed by atoms with Gasteiger partial charge < -0.3 is 9.30 Å². The number of thiazole rings is 1. The Morgan fingerprint density at radius 2 is 2.07 bits per heavy atom. The van der Waals surface area contributed by atoms with E-state index in [4.69, 9.17) is 4.74 Å². The Hall–Kier alpha value is -2.39. The summed E-state index contributed by atoms with van der Waals surface area (Å²) in [5.41, 5.74) is 1.57. The number of para-hydroxylation sites is 2. The van der Waals surface area contributed by atoms with Gasteiger partial charge in [0.15, 0.2) is 10.3 Å². The highest BCUT2D eigenvalue weighted by molar-refractivity contribution is 7.98. The molecule has 2 aromatic heterocycles. The highest BCUT2D eigenvalue weighted by Gasteiger charge is 2.21. The molecule has 2 heterocycles. The molecule has 0 N–H and O–H groups in total. The SMILES string of the molecule is COc1ccccc1N(C(C)=O)c1nc(CSc2nnc(C(C)C)n2C)cs1. The van der Waals surface area contributed by atoms with E-state index in [1.54, 1.807) is 23.8 Å². The second kappa shape index (κ2) is 8.74. The number of thioether (sulfide) groups is 1. The summed E-state index contributed by atoms with van der Waals surface area (Å²) in [6.07, 6.45) is 0. The van der Waals surface area contributed by atoms with Gasteiger partial charge in [0.05, 0.1) is 18.5 Å². The van der Waals surface area contributed by atoms with Crippen LogP contribution in [0.3, 0.4) is 0 Å². The van der Waals surface area contributed by atoms with Crippen LogP contribution in [0.15, 0.2) is 34.8 Å². The minimum atomic E-state index is -0.118. The van der Waals surface area contributed by atoms with Gasteiger partial charge in [-0.05, 0) is 12.1 Å². The molecule has 0 radical (unpaired) electrons. The summed E-state index contributed by atoms with van der Waals surface area (Å²) < 4.78 is 7.42. The highest BCUT2D eigenvalue weighted by atomic mass is 32.2. The lowest BCUT2D eigenvalue weighted by atomic mass is 10.2. The lowest BCUT2D eigenvalue weighted by molar-refractivity contribution is -0.115. The third kappa shape index (κ3) is 4.20. The molecule has 0 saturated heterocycles. The van der Waals surface area contributed by atoms with Gasteiger partial charge in [0, 0.05) is 31.0 Å². The molecule has 0 spiro atoms. The molecule has 0 aliphatic carbocycles. The smallest absolute Gasteiger partial charge is 0.230 e. The molecule has 0 bridgehead atoms. The van der Waals surface area contributed by atoms with Crippen LogP contribution in [0, 0.1) is 0 Å². The van der Waals surface area contributed by atoms with E-state index in [0.29, 0.717) is 28.2 Å². The van der Waals surface area contributed by atoms with E-state index in [-0.39, 0.29) is 5.91 Å². The molecule has 148 valence electrons. The molecular formula is C19H23N5O2S2. The van der Waals surface area contributed by atoms with Gasteiger partial charge in [-0.1, -0.05) is 37.7 Å². The molecule has 0 fully saturated rings. The minimum absolute atomic E-state index is 0.118. The maximum absolute atomic E-state index is 12.3. The second-order valence-electron chi connectivity index (χ2n) is 6.49. The summed E-state index contributed by atoms with van der Waals surface area (Å²) in [5, 5.41) is 12.0. The normalized spacial score (nSPS) is 11.1. The Bertz CT molecular complexity index is 967. The number of carbonyl (C=O) groups is 1. The van der Waals surface area contributed by atoms with Crippen molar-refractivity contribution < 1.29 is 9.53 Å². The fourth-order valence-electron chi connectivity index (χ4n) is 2.78. The molecule has 1 aromatic carbocycles. The Kier molecular flexibility index (Phi) is 6.35. The van der Waals surface area contributed by atoms with Crippen molar-refractivity contribution in [1.82, 2.24) is 19.7 Å². The number of hydrogen-bond donors (Lipinski definition) is 0. The molecule has 1 amide bonds. The lowest BCUT2D eigenvalue weighted by Gasteiger charge is -2.20. The van der Waals surface area contributed by atoms with E-state index >= 15 is 0 Å². The van der Waals surface area contributed by atoms with Crippen molar-refractivity contribution in [1.29, 1.82) is 0 Å². The second-order valence-corrected chi connectivity index (χ2v) is 8.27. The predicted molar refractivity (Wildman–Crippen MR) is 113 cm³/mol. The molecule has 0 atom stereocenters. The third-order valence-corrected chi connectivity index (χ3v) is 6.03. The van der Waals surface area contributed by atoms with Crippen LogP contribution in [0.25, 0.3) is 0 Å². The minimum Gasteiger partial charge on any atom is -0.495 e. The first kappa shape index (κ1) is 20.3. The van der Waals surface area contributed by atoms with Crippen LogP contribution < -0.4 is 9.64 Å². The first-order valence-corrected chi connectivity index (χ1v) is 10.7. The molecule has 0 aliphatic rings. The van der Waals surface area contributed by atoms with Crippen LogP contribution in [0.5, 0.6) is 5.75 Å². The van der Waals surface area contributed by atoms with Crippen LogP contribution in [-0.4, -0.2) is 32.8 Å². The summed E-state index contributed by atoms with van der Waals surface area (Å²) in [7, 11) is 3.57. The fourth-order valence-corrected chi connectivity index (χ4v) is 4.58. The van der Waals surface area contributed by atoms with Crippen molar-refractivity contribution >= 4 is 39.8 Å². The van der Waals surface area contributed by atoms with Crippen molar-refractivity contribution in [3.8, 4) is 5.75 Å². The van der Waals surface area contributed by atoms with Gasteiger partial charge in [-0.15, -0.1) is 21.5 Å². The average Bonchev–Trinajstić information content (AvgIpc) is 3.27. The molecule has 7 nitrogen and oxygen atoms in total. The van der Waals surface area contributed by atoms with Gasteiger partial charge in [-0.2, -0.15) is 0 Å². The van der Waals surface area contributed by atoms with Crippen LogP contribution in [0.1, 0.15) is 38.2 Å². The van der Waals surface area contributed by atoms with Gasteiger partial charge in [-0.25, -0.2) is 4.98 Å². The Morgan fingerprint density at radius 1 is 1.32 bits per heavy atom. The molecule has 0 saturated carbocycles. The standard InChI is InChI=1S/C19H23N5O2S2/c1-12(2)17-21-22-19(23(17)4)28-11-14-10-27-18(20-14)24(13(3)25)15-8-6-7-9-16(15)26-5/h6-10,12H,11H2,1-5H3. The zero-order valence-corrected chi connectivity index (χ0v) is 18.2. The van der Waals surface area contributed by atoms with E-state index in [1.165, 1.54) is 18.3 Å². The van der Waals surface area contributed by atoms with E-state index in [9.17, 15) is 4.79 Å². The molecule has 0 unspecified atom stereocenters. The summed E-state index contributed by atoms with van der Waals surface area (Å²) in [4.78, 5) is 18.6. The first-order valence-electron chi connectivity index (χ1n) is 8.82. The number of hydrogen-bond acceptors (Lipinski definition) is 7. The summed E-state index contributed by atoms with van der Waals surface area (Å²) in [5.74, 6) is 2.44. The van der Waals surface area contributed by atoms with Crippen LogP contribution in [0.2, 0.25) is 0 Å². The molecule has 3 aromatic rings. The summed E-state index contributed by atoms with van der Waals surface area (Å²) in [6, 6.07) is 7.43. The molecule has 0 aliphatic heterocycles. The number of benzene rings is 1. The third-order valence-electron chi connectivity index (χ3n) is 4.11. The number of carbonyl (C=O) groups excluding carboxylic acids is 1. The number of nitrogens with zero attached hydrogens (tertiary/aromatic N) is 5. The molecular weight excluding hydrogens is 394 g/mol. The highest BCUT2D eigenvalue weighted by Crippen LogP contribution is 2.36. The van der Waals surface area contributed by atoms with Crippen LogP contribution in [-0.2, 0) is 17.6 Å². The molecule has 3 rings (SSSR count). The maximum Gasteiger partial charge on any atom is 0.230 e. The van der Waals surface area contributed by atoms with Gasteiger partial charge in [0.1, 0.15) is 11.6 Å². The number of amides is 1. The van der Waals surface area contributed by atoms with Crippen molar-refractivity contribution in [2.45, 2.75) is 37.6 Å². The van der Waals surface area contributed by atoms with Crippen molar-refractivity contribution in [3.63, 3.8) is 0 Å². The monoisotopic (exact) mass is 417 g/mol. The van der Waals surface area contributed by atoms with E-state index < -0.39 is 0 Å². The van der Waals surface area contributed by atoms with Crippen LogP contribution >= 0.6 is 23.1 Å².